The van der Waals surface area contributed by atoms with Gasteiger partial charge in [0.2, 0.25) is 11.8 Å². The first-order chi connectivity index (χ1) is 14.1. The summed E-state index contributed by atoms with van der Waals surface area (Å²) in [6.07, 6.45) is 4.39. The molecule has 0 radical (unpaired) electrons. The maximum absolute atomic E-state index is 12.4. The van der Waals surface area contributed by atoms with Crippen molar-refractivity contribution >= 4 is 49.9 Å². The van der Waals surface area contributed by atoms with Gasteiger partial charge in [-0.2, -0.15) is 0 Å². The molecule has 0 bridgehead atoms. The van der Waals surface area contributed by atoms with E-state index >= 15 is 0 Å². The molecule has 0 atom stereocenters. The molecule has 2 amide bonds. The number of benzene rings is 2. The van der Waals surface area contributed by atoms with Crippen molar-refractivity contribution in [3.8, 4) is 0 Å². The number of halogens is 1. The van der Waals surface area contributed by atoms with Gasteiger partial charge >= 0.3 is 0 Å². The predicted molar refractivity (Wildman–Crippen MR) is 119 cm³/mol. The van der Waals surface area contributed by atoms with Crippen molar-refractivity contribution in [2.75, 3.05) is 16.8 Å². The molecule has 2 aromatic carbocycles. The van der Waals surface area contributed by atoms with E-state index < -0.39 is 0 Å². The highest BCUT2D eigenvalue weighted by molar-refractivity contribution is 9.10. The molecule has 5 nitrogen and oxygen atoms in total. The number of nitrogens with one attached hydrogen (secondary N) is 1. The van der Waals surface area contributed by atoms with Crippen molar-refractivity contribution in [2.45, 2.75) is 25.7 Å². The lowest BCUT2D eigenvalue weighted by Crippen LogP contribution is -2.23. The summed E-state index contributed by atoms with van der Waals surface area (Å²) in [6.45, 7) is 0.769. The molecule has 3 aromatic rings. The standard InChI is InChI=1S/C22H20BrN3O2S/c23-17-7-3-15(4-8-17)12-19-14-24-22(29-19)25-20(27)13-16-5-9-18(10-6-16)26-11-1-2-21(26)28/h3-10,14H,1-2,11-13H2,(H,24,25,27). The van der Waals surface area contributed by atoms with Gasteiger partial charge in [-0.3, -0.25) is 9.59 Å². The van der Waals surface area contributed by atoms with Crippen molar-refractivity contribution in [3.63, 3.8) is 0 Å². The largest absolute Gasteiger partial charge is 0.312 e. The van der Waals surface area contributed by atoms with Crippen LogP contribution in [0.15, 0.2) is 59.2 Å². The van der Waals surface area contributed by atoms with Crippen LogP contribution in [0.1, 0.15) is 28.8 Å². The fourth-order valence-corrected chi connectivity index (χ4v) is 4.44. The number of hydrogen-bond acceptors (Lipinski definition) is 4. The summed E-state index contributed by atoms with van der Waals surface area (Å²) in [5.41, 5.74) is 3.00. The summed E-state index contributed by atoms with van der Waals surface area (Å²) in [5.74, 6) is 0.0674. The van der Waals surface area contributed by atoms with Crippen LogP contribution >= 0.6 is 27.3 Å². The number of anilines is 2. The normalized spacial score (nSPS) is 13.7. The Morgan fingerprint density at radius 1 is 1.10 bits per heavy atom. The molecule has 1 saturated heterocycles. The van der Waals surface area contributed by atoms with E-state index in [-0.39, 0.29) is 18.2 Å². The van der Waals surface area contributed by atoms with Gasteiger partial charge in [0, 0.05) is 40.6 Å². The zero-order valence-electron chi connectivity index (χ0n) is 15.7. The SMILES string of the molecule is O=C(Cc1ccc(N2CCCC2=O)cc1)Nc1ncc(Cc2ccc(Br)cc2)s1. The molecule has 148 valence electrons. The maximum atomic E-state index is 12.4. The van der Waals surface area contributed by atoms with Gasteiger partial charge in [0.25, 0.3) is 0 Å². The number of amides is 2. The van der Waals surface area contributed by atoms with Gasteiger partial charge in [-0.25, -0.2) is 4.98 Å². The van der Waals surface area contributed by atoms with Crippen LogP contribution in [0.4, 0.5) is 10.8 Å². The first-order valence-corrected chi connectivity index (χ1v) is 11.1. The third-order valence-electron chi connectivity index (χ3n) is 4.78. The van der Waals surface area contributed by atoms with Crippen LogP contribution in [0.25, 0.3) is 0 Å². The molecule has 0 saturated carbocycles. The van der Waals surface area contributed by atoms with E-state index in [4.69, 9.17) is 0 Å². The second kappa shape index (κ2) is 8.88. The minimum absolute atomic E-state index is 0.0976. The maximum Gasteiger partial charge on any atom is 0.230 e. The van der Waals surface area contributed by atoms with E-state index in [2.05, 4.69) is 38.4 Å². The predicted octanol–water partition coefficient (Wildman–Crippen LogP) is 4.80. The Balaban J connectivity index is 1.32. The summed E-state index contributed by atoms with van der Waals surface area (Å²) in [4.78, 5) is 31.4. The molecule has 1 aliphatic heterocycles. The Hall–Kier alpha value is -2.51. The highest BCUT2D eigenvalue weighted by Crippen LogP contribution is 2.24. The molecule has 0 aliphatic carbocycles. The smallest absolute Gasteiger partial charge is 0.230 e. The van der Waals surface area contributed by atoms with Crippen LogP contribution in [0.2, 0.25) is 0 Å². The second-order valence-electron chi connectivity index (χ2n) is 6.98. The number of hydrogen-bond donors (Lipinski definition) is 1. The van der Waals surface area contributed by atoms with Gasteiger partial charge in [0.1, 0.15) is 0 Å². The summed E-state index contributed by atoms with van der Waals surface area (Å²) in [7, 11) is 0. The molecule has 2 heterocycles. The number of aromatic nitrogens is 1. The Kier molecular flexibility index (Phi) is 6.06. The average molecular weight is 470 g/mol. The minimum atomic E-state index is -0.0976. The third kappa shape index (κ3) is 5.10. The molecule has 1 N–H and O–H groups in total. The van der Waals surface area contributed by atoms with Crippen LogP contribution in [-0.4, -0.2) is 23.3 Å². The number of carbonyl (C=O) groups excluding carboxylic acids is 2. The van der Waals surface area contributed by atoms with Gasteiger partial charge in [-0.1, -0.05) is 40.2 Å². The summed E-state index contributed by atoms with van der Waals surface area (Å²) < 4.78 is 1.05. The molecule has 1 aromatic heterocycles. The van der Waals surface area contributed by atoms with Crippen LogP contribution in [-0.2, 0) is 22.4 Å². The topological polar surface area (TPSA) is 62.3 Å². The minimum Gasteiger partial charge on any atom is -0.312 e. The van der Waals surface area contributed by atoms with E-state index in [1.54, 1.807) is 4.90 Å². The Morgan fingerprint density at radius 3 is 2.52 bits per heavy atom. The Morgan fingerprint density at radius 2 is 1.83 bits per heavy atom. The Bertz CT molecular complexity index is 1020. The lowest BCUT2D eigenvalue weighted by atomic mass is 10.1. The van der Waals surface area contributed by atoms with Crippen molar-refractivity contribution in [1.29, 1.82) is 0 Å². The van der Waals surface area contributed by atoms with Crippen LogP contribution in [0.5, 0.6) is 0 Å². The van der Waals surface area contributed by atoms with Crippen molar-refractivity contribution in [3.05, 3.63) is 75.2 Å². The fraction of sp³-hybridized carbons (Fsp3) is 0.227. The first-order valence-electron chi connectivity index (χ1n) is 9.45. The Labute approximate surface area is 181 Å². The zero-order chi connectivity index (χ0) is 20.2. The van der Waals surface area contributed by atoms with E-state index in [1.807, 2.05) is 42.6 Å². The van der Waals surface area contributed by atoms with Crippen molar-refractivity contribution < 1.29 is 9.59 Å². The molecule has 29 heavy (non-hydrogen) atoms. The van der Waals surface area contributed by atoms with Crippen LogP contribution < -0.4 is 10.2 Å². The molecule has 7 heteroatoms. The molecular weight excluding hydrogens is 450 g/mol. The summed E-state index contributed by atoms with van der Waals surface area (Å²) in [5, 5.41) is 3.49. The lowest BCUT2D eigenvalue weighted by molar-refractivity contribution is -0.117. The number of carbonyl (C=O) groups is 2. The van der Waals surface area contributed by atoms with E-state index in [1.165, 1.54) is 16.9 Å². The van der Waals surface area contributed by atoms with Gasteiger partial charge in [-0.15, -0.1) is 11.3 Å². The molecule has 1 aliphatic rings. The van der Waals surface area contributed by atoms with Crippen LogP contribution in [0.3, 0.4) is 0 Å². The fourth-order valence-electron chi connectivity index (χ4n) is 3.31. The van der Waals surface area contributed by atoms with Crippen molar-refractivity contribution in [2.24, 2.45) is 0 Å². The summed E-state index contributed by atoms with van der Waals surface area (Å²) >= 11 is 4.93. The number of nitrogens with zero attached hydrogens (tertiary/aromatic N) is 2. The highest BCUT2D eigenvalue weighted by atomic mass is 79.9. The molecule has 1 fully saturated rings. The third-order valence-corrected chi connectivity index (χ3v) is 6.22. The summed E-state index contributed by atoms with van der Waals surface area (Å²) in [6, 6.07) is 15.8. The molecule has 0 spiro atoms. The highest BCUT2D eigenvalue weighted by Gasteiger charge is 2.21. The second-order valence-corrected chi connectivity index (χ2v) is 9.01. The van der Waals surface area contributed by atoms with E-state index in [9.17, 15) is 9.59 Å². The monoisotopic (exact) mass is 469 g/mol. The van der Waals surface area contributed by atoms with Gasteiger partial charge in [0.15, 0.2) is 5.13 Å². The first kappa shape index (κ1) is 19.8. The van der Waals surface area contributed by atoms with Gasteiger partial charge < -0.3 is 10.2 Å². The average Bonchev–Trinajstić information content (AvgIpc) is 3.33. The molecule has 4 rings (SSSR count). The molecule has 0 unspecified atom stereocenters. The number of thiazole rings is 1. The van der Waals surface area contributed by atoms with Crippen molar-refractivity contribution in [1.82, 2.24) is 4.98 Å². The molecular formula is C22H20BrN3O2S. The van der Waals surface area contributed by atoms with Gasteiger partial charge in [0.05, 0.1) is 6.42 Å². The number of rotatable bonds is 6. The zero-order valence-corrected chi connectivity index (χ0v) is 18.1. The van der Waals surface area contributed by atoms with Gasteiger partial charge in [-0.05, 0) is 41.8 Å². The quantitative estimate of drug-likeness (QED) is 0.563. The van der Waals surface area contributed by atoms with E-state index in [0.29, 0.717) is 11.6 Å². The lowest BCUT2D eigenvalue weighted by Gasteiger charge is -2.15. The van der Waals surface area contributed by atoms with E-state index in [0.717, 1.165) is 40.0 Å². The van der Waals surface area contributed by atoms with Crippen LogP contribution in [0, 0.1) is 0 Å².